The number of carbonyl (C=O) groups excluding carboxylic acids is 1. The second-order valence-corrected chi connectivity index (χ2v) is 8.88. The maximum absolute atomic E-state index is 13.4. The fraction of sp³-hybridized carbons (Fsp3) is 0.0333. The van der Waals surface area contributed by atoms with Crippen LogP contribution in [0.25, 0.3) is 34.5 Å². The third-order valence-electron chi connectivity index (χ3n) is 6.33. The van der Waals surface area contributed by atoms with Gasteiger partial charge in [0.2, 0.25) is 0 Å². The van der Waals surface area contributed by atoms with Crippen molar-refractivity contribution in [1.82, 2.24) is 9.78 Å². The highest BCUT2D eigenvalue weighted by Gasteiger charge is 2.29. The highest BCUT2D eigenvalue weighted by Crippen LogP contribution is 2.33. The maximum atomic E-state index is 13.4. The Labute approximate surface area is 223 Å². The SMILES string of the molecule is CC1=NN(c2ccccc2)C(=O)/C1=C\c1cn(-c2ccccc2)nc1-c1ccc(-c2ccc([N+](=O)[O-])cc2)o1. The molecule has 2 aromatic heterocycles. The summed E-state index contributed by atoms with van der Waals surface area (Å²) in [6.07, 6.45) is 3.62. The van der Waals surface area contributed by atoms with Gasteiger partial charge in [0.1, 0.15) is 11.5 Å². The van der Waals surface area contributed by atoms with Gasteiger partial charge < -0.3 is 4.42 Å². The second-order valence-electron chi connectivity index (χ2n) is 8.88. The summed E-state index contributed by atoms with van der Waals surface area (Å²) < 4.78 is 7.89. The molecule has 39 heavy (non-hydrogen) atoms. The van der Waals surface area contributed by atoms with Crippen molar-refractivity contribution < 1.29 is 14.1 Å². The number of amides is 1. The number of non-ortho nitro benzene ring substituents is 1. The number of hydrazone groups is 1. The number of aromatic nitrogens is 2. The summed E-state index contributed by atoms with van der Waals surface area (Å²) in [5, 5.41) is 21.7. The minimum atomic E-state index is -0.443. The van der Waals surface area contributed by atoms with E-state index in [0.29, 0.717) is 45.3 Å². The molecule has 190 valence electrons. The fourth-order valence-corrected chi connectivity index (χ4v) is 4.35. The average molecular weight is 516 g/mol. The molecule has 1 aliphatic rings. The molecule has 0 saturated carbocycles. The zero-order valence-corrected chi connectivity index (χ0v) is 20.8. The lowest BCUT2D eigenvalue weighted by atomic mass is 10.1. The van der Waals surface area contributed by atoms with Crippen LogP contribution in [0.1, 0.15) is 12.5 Å². The first-order valence-corrected chi connectivity index (χ1v) is 12.1. The molecule has 1 amide bonds. The molecule has 3 aromatic carbocycles. The van der Waals surface area contributed by atoms with Crippen LogP contribution in [-0.2, 0) is 4.79 Å². The molecule has 0 saturated heterocycles. The zero-order chi connectivity index (χ0) is 26.9. The van der Waals surface area contributed by atoms with Gasteiger partial charge in [0.25, 0.3) is 11.6 Å². The lowest BCUT2D eigenvalue weighted by Crippen LogP contribution is -2.21. The summed E-state index contributed by atoms with van der Waals surface area (Å²) in [5.41, 5.74) is 4.49. The van der Waals surface area contributed by atoms with Crippen LogP contribution in [0, 0.1) is 10.1 Å². The number of para-hydroxylation sites is 2. The first-order chi connectivity index (χ1) is 19.0. The van der Waals surface area contributed by atoms with Crippen molar-refractivity contribution in [2.75, 3.05) is 5.01 Å². The molecule has 0 N–H and O–H groups in total. The van der Waals surface area contributed by atoms with Gasteiger partial charge in [0.05, 0.1) is 27.6 Å². The number of nitrogens with zero attached hydrogens (tertiary/aromatic N) is 5. The average Bonchev–Trinajstić information content (AvgIpc) is 3.69. The Morgan fingerprint density at radius 1 is 0.846 bits per heavy atom. The van der Waals surface area contributed by atoms with Crippen molar-refractivity contribution in [3.8, 4) is 28.5 Å². The number of benzene rings is 3. The molecule has 0 unspecified atom stereocenters. The third kappa shape index (κ3) is 4.53. The number of hydrogen-bond donors (Lipinski definition) is 0. The number of furan rings is 1. The number of anilines is 1. The van der Waals surface area contributed by atoms with Gasteiger partial charge in [0, 0.05) is 29.5 Å². The Bertz CT molecular complexity index is 1750. The molecule has 3 heterocycles. The molecular weight excluding hydrogens is 494 g/mol. The molecule has 5 aromatic rings. The standard InChI is InChI=1S/C30H21N5O4/c1-20-26(30(36)34(31-20)24-10-6-3-7-11-24)18-22-19-33(23-8-4-2-5-9-23)32-29(22)28-17-16-27(39-28)21-12-14-25(15-13-21)35(37)38/h2-19H,1H3/b26-18-. The van der Waals surface area contributed by atoms with E-state index in [2.05, 4.69) is 5.10 Å². The topological polar surface area (TPSA) is 107 Å². The van der Waals surface area contributed by atoms with E-state index in [1.54, 1.807) is 41.9 Å². The number of nitro benzene ring substituents is 1. The van der Waals surface area contributed by atoms with Crippen molar-refractivity contribution in [2.45, 2.75) is 6.92 Å². The molecule has 0 fully saturated rings. The summed E-state index contributed by atoms with van der Waals surface area (Å²) in [6.45, 7) is 1.80. The van der Waals surface area contributed by atoms with Crippen molar-refractivity contribution in [2.24, 2.45) is 5.10 Å². The number of carbonyl (C=O) groups is 1. The van der Waals surface area contributed by atoms with Crippen molar-refractivity contribution in [3.05, 3.63) is 125 Å². The molecule has 0 bridgehead atoms. The van der Waals surface area contributed by atoms with E-state index in [1.165, 1.54) is 17.1 Å². The summed E-state index contributed by atoms with van der Waals surface area (Å²) in [7, 11) is 0. The summed E-state index contributed by atoms with van der Waals surface area (Å²) in [4.78, 5) is 23.9. The first kappa shape index (κ1) is 23.8. The Hall–Kier alpha value is -5.57. The largest absolute Gasteiger partial charge is 0.454 e. The molecule has 9 nitrogen and oxygen atoms in total. The van der Waals surface area contributed by atoms with Gasteiger partial charge in [-0.15, -0.1) is 0 Å². The van der Waals surface area contributed by atoms with Gasteiger partial charge in [0.15, 0.2) is 5.76 Å². The van der Waals surface area contributed by atoms with Gasteiger partial charge in [-0.1, -0.05) is 36.4 Å². The van der Waals surface area contributed by atoms with Gasteiger partial charge >= 0.3 is 0 Å². The smallest absolute Gasteiger partial charge is 0.280 e. The molecule has 0 atom stereocenters. The van der Waals surface area contributed by atoms with Crippen molar-refractivity contribution >= 4 is 29.1 Å². The van der Waals surface area contributed by atoms with Crippen molar-refractivity contribution in [3.63, 3.8) is 0 Å². The quantitative estimate of drug-likeness (QED) is 0.145. The van der Waals surface area contributed by atoms with Gasteiger partial charge in [-0.05, 0) is 61.5 Å². The molecular formula is C30H21N5O4. The Morgan fingerprint density at radius 2 is 1.49 bits per heavy atom. The zero-order valence-electron chi connectivity index (χ0n) is 20.8. The van der Waals surface area contributed by atoms with E-state index >= 15 is 0 Å². The molecule has 0 radical (unpaired) electrons. The van der Waals surface area contributed by atoms with E-state index in [4.69, 9.17) is 9.52 Å². The number of hydrogen-bond acceptors (Lipinski definition) is 6. The monoisotopic (exact) mass is 515 g/mol. The maximum Gasteiger partial charge on any atom is 0.280 e. The first-order valence-electron chi connectivity index (χ1n) is 12.1. The van der Waals surface area contributed by atoms with E-state index < -0.39 is 4.92 Å². The minimum Gasteiger partial charge on any atom is -0.454 e. The highest BCUT2D eigenvalue weighted by molar-refractivity contribution is 6.32. The summed E-state index contributed by atoms with van der Waals surface area (Å²) in [5.74, 6) is 0.797. The van der Waals surface area contributed by atoms with E-state index in [9.17, 15) is 14.9 Å². The van der Waals surface area contributed by atoms with Crippen LogP contribution in [0.3, 0.4) is 0 Å². The molecule has 9 heteroatoms. The minimum absolute atomic E-state index is 0.00357. The fourth-order valence-electron chi connectivity index (χ4n) is 4.35. The summed E-state index contributed by atoms with van der Waals surface area (Å²) in [6, 6.07) is 28.6. The van der Waals surface area contributed by atoms with Gasteiger partial charge in [-0.3, -0.25) is 14.9 Å². The summed E-state index contributed by atoms with van der Waals surface area (Å²) >= 11 is 0. The Kier molecular flexibility index (Phi) is 5.93. The van der Waals surface area contributed by atoms with Crippen molar-refractivity contribution in [1.29, 1.82) is 0 Å². The van der Waals surface area contributed by atoms with Crippen LogP contribution < -0.4 is 5.01 Å². The van der Waals surface area contributed by atoms with Crippen LogP contribution in [-0.4, -0.2) is 26.3 Å². The predicted octanol–water partition coefficient (Wildman–Crippen LogP) is 6.51. The molecule has 0 spiro atoms. The van der Waals surface area contributed by atoms with Crippen LogP contribution in [0.4, 0.5) is 11.4 Å². The van der Waals surface area contributed by atoms with E-state index in [0.717, 1.165) is 5.69 Å². The van der Waals surface area contributed by atoms with Crippen LogP contribution in [0.5, 0.6) is 0 Å². The normalized spacial score (nSPS) is 14.2. The van der Waals surface area contributed by atoms with Gasteiger partial charge in [-0.25, -0.2) is 4.68 Å². The predicted molar refractivity (Wildman–Crippen MR) is 148 cm³/mol. The molecule has 6 rings (SSSR count). The van der Waals surface area contributed by atoms with Gasteiger partial charge in [-0.2, -0.15) is 15.2 Å². The molecule has 1 aliphatic heterocycles. The highest BCUT2D eigenvalue weighted by atomic mass is 16.6. The van der Waals surface area contributed by atoms with Crippen LogP contribution >= 0.6 is 0 Å². The lowest BCUT2D eigenvalue weighted by molar-refractivity contribution is -0.384. The van der Waals surface area contributed by atoms with Crippen LogP contribution in [0.15, 0.2) is 118 Å². The Morgan fingerprint density at radius 3 is 2.15 bits per heavy atom. The third-order valence-corrected chi connectivity index (χ3v) is 6.33. The lowest BCUT2D eigenvalue weighted by Gasteiger charge is -2.10. The number of nitro groups is 1. The van der Waals surface area contributed by atoms with Crippen LogP contribution in [0.2, 0.25) is 0 Å². The number of rotatable bonds is 6. The second kappa shape index (κ2) is 9.71. The Balaban J connectivity index is 1.41. The molecule has 0 aliphatic carbocycles. The van der Waals surface area contributed by atoms with E-state index in [1.807, 2.05) is 66.9 Å². The van der Waals surface area contributed by atoms with E-state index in [-0.39, 0.29) is 11.6 Å².